The number of carboxylic acids is 1. The number of hydrogen-bond acceptors (Lipinski definition) is 8. The summed E-state index contributed by atoms with van der Waals surface area (Å²) in [7, 11) is 3.44. The van der Waals surface area contributed by atoms with E-state index in [-0.39, 0.29) is 12.1 Å². The molecule has 1 amide bonds. The van der Waals surface area contributed by atoms with Crippen LogP contribution in [0.15, 0.2) is 48.5 Å². The van der Waals surface area contributed by atoms with Crippen molar-refractivity contribution in [2.45, 2.75) is 70.6 Å². The SMILES string of the molecule is COC(=O)N1CC[C@@H]1CN1CCC(c2nn(C)c3ccc(-c4nc5cc(C)c([C@H](OC(C)(C)C)C(=O)O)c(-c6ccc(Cl)cc6)c5s4)cc23)CC1. The number of aliphatic carboxylic acids is 1. The highest BCUT2D eigenvalue weighted by molar-refractivity contribution is 7.22. The summed E-state index contributed by atoms with van der Waals surface area (Å²) >= 11 is 7.85. The van der Waals surface area contributed by atoms with Crippen molar-refractivity contribution in [2.24, 2.45) is 7.05 Å². The summed E-state index contributed by atoms with van der Waals surface area (Å²) in [6.07, 6.45) is 1.60. The Balaban J connectivity index is 1.23. The summed E-state index contributed by atoms with van der Waals surface area (Å²) in [5.41, 5.74) is 6.37. The average Bonchev–Trinajstić information content (AvgIpc) is 3.65. The molecule has 12 heteroatoms. The first-order valence-corrected chi connectivity index (χ1v) is 18.6. The molecule has 0 aliphatic carbocycles. The van der Waals surface area contributed by atoms with Crippen molar-refractivity contribution >= 4 is 56.1 Å². The predicted molar refractivity (Wildman–Crippen MR) is 202 cm³/mol. The maximum absolute atomic E-state index is 12.8. The van der Waals surface area contributed by atoms with E-state index in [0.717, 1.165) is 99.5 Å². The van der Waals surface area contributed by atoms with Crippen LogP contribution in [0.4, 0.5) is 4.79 Å². The number of benzene rings is 3. The molecule has 2 aliphatic heterocycles. The first kappa shape index (κ1) is 35.4. The predicted octanol–water partition coefficient (Wildman–Crippen LogP) is 8.44. The lowest BCUT2D eigenvalue weighted by molar-refractivity contribution is -0.160. The van der Waals surface area contributed by atoms with Crippen LogP contribution < -0.4 is 0 Å². The monoisotopic (exact) mass is 729 g/mol. The third-order valence-corrected chi connectivity index (χ3v) is 11.5. The van der Waals surface area contributed by atoms with E-state index in [2.05, 4.69) is 23.1 Å². The number of thiazole rings is 1. The summed E-state index contributed by atoms with van der Waals surface area (Å²) in [6, 6.07) is 16.1. The van der Waals surface area contributed by atoms with E-state index in [1.54, 1.807) is 11.3 Å². The van der Waals surface area contributed by atoms with E-state index in [1.165, 1.54) is 7.11 Å². The van der Waals surface area contributed by atoms with E-state index in [9.17, 15) is 14.7 Å². The Morgan fingerprint density at radius 2 is 1.75 bits per heavy atom. The second-order valence-electron chi connectivity index (χ2n) is 14.7. The maximum Gasteiger partial charge on any atom is 0.409 e. The van der Waals surface area contributed by atoms with E-state index in [1.807, 2.05) is 74.7 Å². The number of hydrogen-bond donors (Lipinski definition) is 1. The normalized spacial score (nSPS) is 17.9. The molecule has 0 saturated carbocycles. The molecule has 5 aromatic rings. The Kier molecular flexibility index (Phi) is 9.60. The number of nitrogens with zero attached hydrogens (tertiary/aromatic N) is 5. The minimum Gasteiger partial charge on any atom is -0.479 e. The minimum absolute atomic E-state index is 0.224. The molecular formula is C39H44ClN5O5S. The number of carbonyl (C=O) groups is 2. The summed E-state index contributed by atoms with van der Waals surface area (Å²) in [5.74, 6) is -0.718. The van der Waals surface area contributed by atoms with Gasteiger partial charge < -0.3 is 24.4 Å². The molecule has 2 atom stereocenters. The molecule has 268 valence electrons. The molecule has 3 aromatic carbocycles. The van der Waals surface area contributed by atoms with E-state index < -0.39 is 17.7 Å². The Labute approximate surface area is 306 Å². The third-order valence-electron chi connectivity index (χ3n) is 10.1. The molecule has 1 N–H and O–H groups in total. The number of fused-ring (bicyclic) bond motifs is 2. The highest BCUT2D eigenvalue weighted by Crippen LogP contribution is 2.45. The molecule has 0 spiro atoms. The van der Waals surface area contributed by atoms with Crippen molar-refractivity contribution in [1.29, 1.82) is 0 Å². The van der Waals surface area contributed by atoms with Gasteiger partial charge in [0.05, 0.1) is 34.1 Å². The molecule has 7 rings (SSSR count). The number of piperidine rings is 1. The average molecular weight is 730 g/mol. The Morgan fingerprint density at radius 3 is 2.37 bits per heavy atom. The molecule has 2 aromatic heterocycles. The number of methoxy groups -OCH3 is 1. The van der Waals surface area contributed by atoms with Crippen molar-refractivity contribution in [3.63, 3.8) is 0 Å². The van der Waals surface area contributed by atoms with Crippen LogP contribution in [0, 0.1) is 6.92 Å². The van der Waals surface area contributed by atoms with Gasteiger partial charge in [0, 0.05) is 59.2 Å². The zero-order valence-electron chi connectivity index (χ0n) is 29.9. The second kappa shape index (κ2) is 13.8. The summed E-state index contributed by atoms with van der Waals surface area (Å²) in [4.78, 5) is 34.2. The van der Waals surface area contributed by atoms with Gasteiger partial charge in [-0.25, -0.2) is 14.6 Å². The van der Waals surface area contributed by atoms with Crippen LogP contribution in [-0.2, 0) is 21.3 Å². The van der Waals surface area contributed by atoms with Crippen molar-refractivity contribution in [2.75, 3.05) is 33.3 Å². The van der Waals surface area contributed by atoms with Crippen LogP contribution in [0.5, 0.6) is 0 Å². The minimum atomic E-state index is -1.17. The zero-order chi connectivity index (χ0) is 36.2. The summed E-state index contributed by atoms with van der Waals surface area (Å²) in [6.45, 7) is 11.1. The number of aryl methyl sites for hydroxylation is 2. The van der Waals surface area contributed by atoms with Crippen molar-refractivity contribution in [1.82, 2.24) is 24.6 Å². The number of likely N-dealkylation sites (tertiary alicyclic amines) is 2. The Morgan fingerprint density at radius 1 is 1.04 bits per heavy atom. The van der Waals surface area contributed by atoms with Gasteiger partial charge in [-0.05, 0) is 108 Å². The summed E-state index contributed by atoms with van der Waals surface area (Å²) in [5, 5.41) is 18.1. The number of aromatic nitrogens is 3. The van der Waals surface area contributed by atoms with E-state index in [0.29, 0.717) is 16.5 Å². The van der Waals surface area contributed by atoms with Gasteiger partial charge in [-0.1, -0.05) is 23.7 Å². The Bertz CT molecular complexity index is 2110. The van der Waals surface area contributed by atoms with Gasteiger partial charge in [0.1, 0.15) is 5.01 Å². The van der Waals surface area contributed by atoms with Crippen molar-refractivity contribution in [3.8, 4) is 21.7 Å². The van der Waals surface area contributed by atoms with Gasteiger partial charge in [0.15, 0.2) is 6.10 Å². The van der Waals surface area contributed by atoms with E-state index >= 15 is 0 Å². The van der Waals surface area contributed by atoms with Gasteiger partial charge in [0.25, 0.3) is 0 Å². The fourth-order valence-electron chi connectivity index (χ4n) is 7.56. The first-order valence-electron chi connectivity index (χ1n) is 17.5. The molecular weight excluding hydrogens is 686 g/mol. The second-order valence-corrected chi connectivity index (χ2v) is 16.2. The number of carbonyl (C=O) groups excluding carboxylic acids is 1. The van der Waals surface area contributed by atoms with Crippen molar-refractivity contribution < 1.29 is 24.2 Å². The molecule has 0 unspecified atom stereocenters. The maximum atomic E-state index is 12.8. The molecule has 10 nitrogen and oxygen atoms in total. The van der Waals surface area contributed by atoms with Gasteiger partial charge in [-0.2, -0.15) is 5.10 Å². The van der Waals surface area contributed by atoms with Crippen LogP contribution in [0.2, 0.25) is 5.02 Å². The van der Waals surface area contributed by atoms with Gasteiger partial charge in [-0.3, -0.25) is 4.68 Å². The topological polar surface area (TPSA) is 110 Å². The van der Waals surface area contributed by atoms with Crippen LogP contribution >= 0.6 is 22.9 Å². The van der Waals surface area contributed by atoms with Crippen LogP contribution in [-0.4, -0.2) is 86.7 Å². The third kappa shape index (κ3) is 6.96. The quantitative estimate of drug-likeness (QED) is 0.170. The number of amides is 1. The molecule has 4 heterocycles. The van der Waals surface area contributed by atoms with E-state index in [4.69, 9.17) is 31.2 Å². The standard InChI is InChI=1S/C39H44ClN5O5S/c1-22-19-29-35(32(23-7-10-26(40)11-8-23)31(22)34(37(46)47)50-39(2,3)4)51-36(41-29)25-9-12-30-28(20-25)33(42-43(30)5)24-13-16-44(17-14-24)21-27-15-18-45(27)38(48)49-6/h7-12,19-20,24,27,34H,13-18,21H2,1-6H3,(H,46,47)/t27-,34+/m1/s1. The fraction of sp³-hybridized carbons (Fsp3) is 0.436. The Hall–Kier alpha value is -4.03. The molecule has 0 bridgehead atoms. The molecule has 2 fully saturated rings. The lowest BCUT2D eigenvalue weighted by Crippen LogP contribution is -2.56. The van der Waals surface area contributed by atoms with Gasteiger partial charge in [-0.15, -0.1) is 11.3 Å². The number of halogens is 1. The van der Waals surface area contributed by atoms with Crippen LogP contribution in [0.3, 0.4) is 0 Å². The molecule has 0 radical (unpaired) electrons. The van der Waals surface area contributed by atoms with Gasteiger partial charge in [0.2, 0.25) is 0 Å². The smallest absolute Gasteiger partial charge is 0.409 e. The summed E-state index contributed by atoms with van der Waals surface area (Å²) < 4.78 is 14.0. The number of rotatable bonds is 8. The van der Waals surface area contributed by atoms with Gasteiger partial charge >= 0.3 is 12.1 Å². The molecule has 51 heavy (non-hydrogen) atoms. The highest BCUT2D eigenvalue weighted by atomic mass is 35.5. The number of ether oxygens (including phenoxy) is 2. The largest absolute Gasteiger partial charge is 0.479 e. The van der Waals surface area contributed by atoms with Crippen LogP contribution in [0.25, 0.3) is 42.8 Å². The lowest BCUT2D eigenvalue weighted by atomic mass is 9.90. The molecule has 2 aliphatic rings. The lowest BCUT2D eigenvalue weighted by Gasteiger charge is -2.43. The number of carboxylic acid groups (broad SMARTS) is 1. The molecule has 2 saturated heterocycles. The first-order chi connectivity index (χ1) is 24.3. The highest BCUT2D eigenvalue weighted by Gasteiger charge is 2.36. The fourth-order valence-corrected chi connectivity index (χ4v) is 8.81. The van der Waals surface area contributed by atoms with Crippen molar-refractivity contribution in [3.05, 3.63) is 70.4 Å². The zero-order valence-corrected chi connectivity index (χ0v) is 31.5. The van der Waals surface area contributed by atoms with Crippen LogP contribution in [0.1, 0.15) is 68.9 Å².